The SMILES string of the molecule is CC(C)C(C#N)C(=O)[O-].[K+]. The summed E-state index contributed by atoms with van der Waals surface area (Å²) in [6.45, 7) is 3.34. The molecule has 0 heterocycles. The number of carboxylic acid groups (broad SMARTS) is 1. The number of hydrogen-bond donors (Lipinski definition) is 0. The molecule has 0 fully saturated rings. The van der Waals surface area contributed by atoms with E-state index in [1.165, 1.54) is 0 Å². The van der Waals surface area contributed by atoms with Gasteiger partial charge in [-0.25, -0.2) is 0 Å². The van der Waals surface area contributed by atoms with Crippen LogP contribution in [0.4, 0.5) is 0 Å². The number of nitriles is 1. The average molecular weight is 165 g/mol. The molecule has 0 rings (SSSR count). The van der Waals surface area contributed by atoms with Gasteiger partial charge in [-0.15, -0.1) is 0 Å². The van der Waals surface area contributed by atoms with Crippen LogP contribution in [-0.4, -0.2) is 5.97 Å². The molecule has 50 valence electrons. The molecule has 10 heavy (non-hydrogen) atoms. The molecule has 0 aliphatic heterocycles. The minimum atomic E-state index is -1.28. The van der Waals surface area contributed by atoms with Crippen molar-refractivity contribution >= 4 is 5.97 Å². The molecule has 3 nitrogen and oxygen atoms in total. The van der Waals surface area contributed by atoms with Crippen molar-refractivity contribution in [1.82, 2.24) is 0 Å². The van der Waals surface area contributed by atoms with Crippen molar-refractivity contribution < 1.29 is 61.3 Å². The fourth-order valence-corrected chi connectivity index (χ4v) is 0.474. The maximum Gasteiger partial charge on any atom is 1.00 e. The molecular weight excluding hydrogens is 157 g/mol. The van der Waals surface area contributed by atoms with Gasteiger partial charge >= 0.3 is 51.4 Å². The van der Waals surface area contributed by atoms with E-state index in [1.807, 2.05) is 0 Å². The molecule has 0 saturated carbocycles. The van der Waals surface area contributed by atoms with Crippen molar-refractivity contribution in [3.63, 3.8) is 0 Å². The molecule has 0 aromatic carbocycles. The van der Waals surface area contributed by atoms with E-state index < -0.39 is 11.9 Å². The van der Waals surface area contributed by atoms with Crippen LogP contribution in [0.5, 0.6) is 0 Å². The third-order valence-corrected chi connectivity index (χ3v) is 1.06. The van der Waals surface area contributed by atoms with Crippen LogP contribution < -0.4 is 56.5 Å². The van der Waals surface area contributed by atoms with Crippen LogP contribution in [0.2, 0.25) is 0 Å². The largest absolute Gasteiger partial charge is 1.00 e. The molecule has 0 aliphatic rings. The van der Waals surface area contributed by atoms with Gasteiger partial charge in [0.2, 0.25) is 0 Å². The molecule has 0 aromatic rings. The van der Waals surface area contributed by atoms with E-state index in [1.54, 1.807) is 19.9 Å². The van der Waals surface area contributed by atoms with Gasteiger partial charge in [-0.05, 0) is 5.92 Å². The molecule has 0 bridgehead atoms. The molecule has 1 unspecified atom stereocenters. The third kappa shape index (κ3) is 4.42. The Hall–Kier alpha value is 0.596. The first-order chi connectivity index (χ1) is 4.09. The smallest absolute Gasteiger partial charge is 0.549 e. The number of carbonyl (C=O) groups excluding carboxylic acids is 1. The Morgan fingerprint density at radius 1 is 1.60 bits per heavy atom. The van der Waals surface area contributed by atoms with E-state index in [-0.39, 0.29) is 57.3 Å². The second-order valence-electron chi connectivity index (χ2n) is 2.17. The van der Waals surface area contributed by atoms with Crippen LogP contribution in [0.1, 0.15) is 13.8 Å². The van der Waals surface area contributed by atoms with Crippen LogP contribution in [0, 0.1) is 23.2 Å². The summed E-state index contributed by atoms with van der Waals surface area (Å²) in [7, 11) is 0. The Morgan fingerprint density at radius 2 is 2.00 bits per heavy atom. The van der Waals surface area contributed by atoms with Gasteiger partial charge in [0.15, 0.2) is 0 Å². The van der Waals surface area contributed by atoms with E-state index in [0.29, 0.717) is 0 Å². The number of nitrogens with zero attached hydrogens (tertiary/aromatic N) is 1. The van der Waals surface area contributed by atoms with E-state index in [2.05, 4.69) is 0 Å². The summed E-state index contributed by atoms with van der Waals surface area (Å²) in [5.41, 5.74) is 0. The predicted molar refractivity (Wildman–Crippen MR) is 28.9 cm³/mol. The van der Waals surface area contributed by atoms with Crippen LogP contribution in [-0.2, 0) is 4.79 Å². The van der Waals surface area contributed by atoms with Crippen molar-refractivity contribution in [2.75, 3.05) is 0 Å². The average Bonchev–Trinajstić information content (AvgIpc) is 1.64. The molecule has 0 N–H and O–H groups in total. The molecule has 0 saturated heterocycles. The Balaban J connectivity index is 0. The second-order valence-corrected chi connectivity index (χ2v) is 2.17. The number of carboxylic acids is 1. The number of carbonyl (C=O) groups is 1. The summed E-state index contributed by atoms with van der Waals surface area (Å²) in [5.74, 6) is -2.42. The fraction of sp³-hybridized carbons (Fsp3) is 0.667. The van der Waals surface area contributed by atoms with Gasteiger partial charge in [0.25, 0.3) is 0 Å². The molecule has 0 spiro atoms. The van der Waals surface area contributed by atoms with Gasteiger partial charge in [0.05, 0.1) is 18.0 Å². The molecule has 1 atom stereocenters. The van der Waals surface area contributed by atoms with Crippen LogP contribution in [0.3, 0.4) is 0 Å². The Labute approximate surface area is 103 Å². The minimum Gasteiger partial charge on any atom is -0.549 e. The van der Waals surface area contributed by atoms with Gasteiger partial charge in [-0.3, -0.25) is 0 Å². The zero-order chi connectivity index (χ0) is 7.44. The second kappa shape index (κ2) is 6.32. The first kappa shape index (κ1) is 13.2. The maximum absolute atomic E-state index is 10.0. The first-order valence-corrected chi connectivity index (χ1v) is 2.70. The maximum atomic E-state index is 10.0. The van der Waals surface area contributed by atoms with Crippen LogP contribution in [0.25, 0.3) is 0 Å². The summed E-state index contributed by atoms with van der Waals surface area (Å²) >= 11 is 0. The van der Waals surface area contributed by atoms with Gasteiger partial charge in [0, 0.05) is 0 Å². The summed E-state index contributed by atoms with van der Waals surface area (Å²) in [6.07, 6.45) is 0. The van der Waals surface area contributed by atoms with Crippen LogP contribution in [0.15, 0.2) is 0 Å². The molecule has 0 amide bonds. The van der Waals surface area contributed by atoms with Gasteiger partial charge in [0.1, 0.15) is 0 Å². The number of hydrogen-bond acceptors (Lipinski definition) is 3. The van der Waals surface area contributed by atoms with E-state index in [0.717, 1.165) is 0 Å². The first-order valence-electron chi connectivity index (χ1n) is 2.70. The summed E-state index contributed by atoms with van der Waals surface area (Å²) < 4.78 is 0. The Morgan fingerprint density at radius 3 is 2.00 bits per heavy atom. The third-order valence-electron chi connectivity index (χ3n) is 1.06. The normalized spacial score (nSPS) is 11.4. The molecule has 0 radical (unpaired) electrons. The summed E-state index contributed by atoms with van der Waals surface area (Å²) in [4.78, 5) is 10.0. The summed E-state index contributed by atoms with van der Waals surface area (Å²) in [5, 5.41) is 18.2. The Bertz CT molecular complexity index is 150. The molecule has 4 heteroatoms. The number of rotatable bonds is 2. The quantitative estimate of drug-likeness (QED) is 0.399. The zero-order valence-corrected chi connectivity index (χ0v) is 9.54. The Kier molecular flexibility index (Phi) is 8.34. The van der Waals surface area contributed by atoms with Crippen molar-refractivity contribution in [2.45, 2.75) is 13.8 Å². The fourth-order valence-electron chi connectivity index (χ4n) is 0.474. The number of aliphatic carboxylic acids is 1. The van der Waals surface area contributed by atoms with Crippen LogP contribution >= 0.6 is 0 Å². The van der Waals surface area contributed by atoms with Crippen molar-refractivity contribution in [3.05, 3.63) is 0 Å². The van der Waals surface area contributed by atoms with Crippen molar-refractivity contribution in [1.29, 1.82) is 5.26 Å². The predicted octanol–water partition coefficient (Wildman–Crippen LogP) is -3.46. The van der Waals surface area contributed by atoms with Crippen molar-refractivity contribution in [3.8, 4) is 6.07 Å². The van der Waals surface area contributed by atoms with Crippen molar-refractivity contribution in [2.24, 2.45) is 11.8 Å². The van der Waals surface area contributed by atoms with E-state index in [9.17, 15) is 9.90 Å². The zero-order valence-electron chi connectivity index (χ0n) is 6.42. The van der Waals surface area contributed by atoms with Gasteiger partial charge in [-0.2, -0.15) is 5.26 Å². The summed E-state index contributed by atoms with van der Waals surface area (Å²) in [6, 6.07) is 1.64. The molecule has 0 aliphatic carbocycles. The van der Waals surface area contributed by atoms with Gasteiger partial charge in [-0.1, -0.05) is 13.8 Å². The molecular formula is C6H8KNO2. The van der Waals surface area contributed by atoms with E-state index >= 15 is 0 Å². The minimum absolute atomic E-state index is 0. The van der Waals surface area contributed by atoms with E-state index in [4.69, 9.17) is 5.26 Å². The topological polar surface area (TPSA) is 63.9 Å². The monoisotopic (exact) mass is 165 g/mol. The molecule has 0 aromatic heterocycles. The van der Waals surface area contributed by atoms with Gasteiger partial charge < -0.3 is 9.90 Å². The standard InChI is InChI=1S/C6H9NO2.K/c1-4(2)5(3-7)6(8)9;/h4-5H,1-2H3,(H,8,9);/q;+1/p-1.